The molecule has 0 aliphatic rings. The fraction of sp³-hybridized carbons (Fsp3) is 0.375. The Morgan fingerprint density at radius 2 is 2.46 bits per heavy atom. The van der Waals surface area contributed by atoms with Crippen LogP contribution in [0.3, 0.4) is 0 Å². The third-order valence-corrected chi connectivity index (χ3v) is 2.48. The van der Waals surface area contributed by atoms with E-state index in [1.165, 1.54) is 0 Å². The zero-order valence-electron chi connectivity index (χ0n) is 7.34. The van der Waals surface area contributed by atoms with Gasteiger partial charge in [0.15, 0.2) is 0 Å². The predicted octanol–water partition coefficient (Wildman–Crippen LogP) is 1.81. The number of thiophene rings is 1. The molecule has 68 valence electrons. The van der Waals surface area contributed by atoms with E-state index in [0.29, 0.717) is 0 Å². The molecular formula is C8H10N4S. The van der Waals surface area contributed by atoms with Crippen LogP contribution in [-0.4, -0.2) is 20.2 Å². The van der Waals surface area contributed by atoms with Gasteiger partial charge in [0, 0.05) is 0 Å². The molecule has 0 aliphatic carbocycles. The van der Waals surface area contributed by atoms with Crippen LogP contribution in [-0.2, 0) is 6.54 Å². The third kappa shape index (κ3) is 1.75. The second kappa shape index (κ2) is 3.66. The average molecular weight is 194 g/mol. The molecule has 0 radical (unpaired) electrons. The summed E-state index contributed by atoms with van der Waals surface area (Å²) in [5.74, 6) is 0.725. The van der Waals surface area contributed by atoms with E-state index in [-0.39, 0.29) is 0 Å². The Morgan fingerprint density at radius 3 is 3.15 bits per heavy atom. The molecule has 13 heavy (non-hydrogen) atoms. The summed E-state index contributed by atoms with van der Waals surface area (Å²) < 4.78 is 0. The number of tetrazole rings is 1. The molecule has 4 nitrogen and oxygen atoms in total. The molecule has 5 heteroatoms. The Hall–Kier alpha value is -1.23. The van der Waals surface area contributed by atoms with Crippen molar-refractivity contribution in [2.45, 2.75) is 19.9 Å². The van der Waals surface area contributed by atoms with Crippen LogP contribution in [0, 0.1) is 0 Å². The maximum atomic E-state index is 4.25. The molecule has 0 bridgehead atoms. The number of aryl methyl sites for hydroxylation is 1. The van der Waals surface area contributed by atoms with Crippen molar-refractivity contribution < 1.29 is 0 Å². The van der Waals surface area contributed by atoms with Gasteiger partial charge in [0.1, 0.15) is 0 Å². The van der Waals surface area contributed by atoms with Crippen LogP contribution >= 0.6 is 11.3 Å². The zero-order chi connectivity index (χ0) is 9.10. The van der Waals surface area contributed by atoms with Crippen molar-refractivity contribution in [3.05, 3.63) is 17.5 Å². The lowest BCUT2D eigenvalue weighted by Crippen LogP contribution is -2.00. The normalized spacial score (nSPS) is 10.5. The fourth-order valence-electron chi connectivity index (χ4n) is 1.04. The highest BCUT2D eigenvalue weighted by molar-refractivity contribution is 7.13. The first kappa shape index (κ1) is 8.37. The van der Waals surface area contributed by atoms with E-state index >= 15 is 0 Å². The van der Waals surface area contributed by atoms with Gasteiger partial charge in [-0.3, -0.25) is 0 Å². The lowest BCUT2D eigenvalue weighted by molar-refractivity contribution is 0.515. The molecule has 2 heterocycles. The standard InChI is InChI=1S/C8H10N4S/c1-2-5-12-10-8(9-11-12)7-4-3-6-13-7/h3-4,6H,2,5H2,1H3. The average Bonchev–Trinajstić information content (AvgIpc) is 2.70. The summed E-state index contributed by atoms with van der Waals surface area (Å²) in [6, 6.07) is 3.98. The van der Waals surface area contributed by atoms with E-state index in [4.69, 9.17) is 0 Å². The summed E-state index contributed by atoms with van der Waals surface area (Å²) in [4.78, 5) is 2.71. The number of rotatable bonds is 3. The van der Waals surface area contributed by atoms with Crippen molar-refractivity contribution in [3.63, 3.8) is 0 Å². The van der Waals surface area contributed by atoms with E-state index < -0.39 is 0 Å². The highest BCUT2D eigenvalue weighted by Gasteiger charge is 2.04. The van der Waals surface area contributed by atoms with Gasteiger partial charge in [-0.15, -0.1) is 21.5 Å². The molecular weight excluding hydrogens is 184 g/mol. The molecule has 0 fully saturated rings. The van der Waals surface area contributed by atoms with E-state index in [0.717, 1.165) is 23.7 Å². The first-order valence-electron chi connectivity index (χ1n) is 4.22. The summed E-state index contributed by atoms with van der Waals surface area (Å²) in [6.07, 6.45) is 1.03. The van der Waals surface area contributed by atoms with Crippen molar-refractivity contribution >= 4 is 11.3 Å². The van der Waals surface area contributed by atoms with Gasteiger partial charge in [-0.05, 0) is 23.1 Å². The number of nitrogens with zero attached hydrogens (tertiary/aromatic N) is 4. The minimum atomic E-state index is 0.725. The highest BCUT2D eigenvalue weighted by Crippen LogP contribution is 2.19. The van der Waals surface area contributed by atoms with Crippen molar-refractivity contribution in [3.8, 4) is 10.7 Å². The van der Waals surface area contributed by atoms with Gasteiger partial charge in [-0.25, -0.2) is 0 Å². The van der Waals surface area contributed by atoms with Gasteiger partial charge in [-0.1, -0.05) is 13.0 Å². The molecule has 0 N–H and O–H groups in total. The van der Waals surface area contributed by atoms with Gasteiger partial charge in [0.25, 0.3) is 0 Å². The monoisotopic (exact) mass is 194 g/mol. The molecule has 2 aromatic rings. The lowest BCUT2D eigenvalue weighted by Gasteiger charge is -1.90. The first-order valence-corrected chi connectivity index (χ1v) is 5.10. The summed E-state index contributed by atoms with van der Waals surface area (Å²) in [7, 11) is 0. The van der Waals surface area contributed by atoms with Crippen LogP contribution in [0.5, 0.6) is 0 Å². The van der Waals surface area contributed by atoms with Crippen molar-refractivity contribution in [1.29, 1.82) is 0 Å². The molecule has 2 rings (SSSR count). The van der Waals surface area contributed by atoms with Crippen LogP contribution in [0.25, 0.3) is 10.7 Å². The Morgan fingerprint density at radius 1 is 1.54 bits per heavy atom. The highest BCUT2D eigenvalue weighted by atomic mass is 32.1. The maximum Gasteiger partial charge on any atom is 0.214 e. The fourth-order valence-corrected chi connectivity index (χ4v) is 1.69. The smallest absolute Gasteiger partial charge is 0.164 e. The van der Waals surface area contributed by atoms with Crippen LogP contribution in [0.4, 0.5) is 0 Å². The SMILES string of the molecule is CCCn1nnc(-c2cccs2)n1. The predicted molar refractivity (Wildman–Crippen MR) is 51.4 cm³/mol. The summed E-state index contributed by atoms with van der Waals surface area (Å²) in [5.41, 5.74) is 0. The minimum absolute atomic E-state index is 0.725. The minimum Gasteiger partial charge on any atom is -0.164 e. The number of hydrogen-bond acceptors (Lipinski definition) is 4. The summed E-state index contributed by atoms with van der Waals surface area (Å²) in [5, 5.41) is 14.2. The van der Waals surface area contributed by atoms with Gasteiger partial charge < -0.3 is 0 Å². The Kier molecular flexibility index (Phi) is 2.35. The largest absolute Gasteiger partial charge is 0.214 e. The third-order valence-electron chi connectivity index (χ3n) is 1.62. The number of aromatic nitrogens is 4. The second-order valence-electron chi connectivity index (χ2n) is 2.69. The molecule has 0 atom stereocenters. The molecule has 0 amide bonds. The lowest BCUT2D eigenvalue weighted by atomic mass is 10.4. The van der Waals surface area contributed by atoms with Gasteiger partial charge in [0.05, 0.1) is 11.4 Å². The molecule has 0 unspecified atom stereocenters. The van der Waals surface area contributed by atoms with Crippen molar-refractivity contribution in [2.75, 3.05) is 0 Å². The summed E-state index contributed by atoms with van der Waals surface area (Å²) >= 11 is 1.63. The van der Waals surface area contributed by atoms with Gasteiger partial charge >= 0.3 is 0 Å². The van der Waals surface area contributed by atoms with Gasteiger partial charge in [-0.2, -0.15) is 4.80 Å². The van der Waals surface area contributed by atoms with Crippen LogP contribution in [0.2, 0.25) is 0 Å². The van der Waals surface area contributed by atoms with E-state index in [1.807, 2.05) is 17.5 Å². The quantitative estimate of drug-likeness (QED) is 0.748. The van der Waals surface area contributed by atoms with E-state index in [2.05, 4.69) is 22.3 Å². The molecule has 0 saturated heterocycles. The van der Waals surface area contributed by atoms with Crippen molar-refractivity contribution in [1.82, 2.24) is 20.2 Å². The molecule has 0 aromatic carbocycles. The second-order valence-corrected chi connectivity index (χ2v) is 3.63. The Labute approximate surface area is 80.2 Å². The first-order chi connectivity index (χ1) is 6.40. The maximum absolute atomic E-state index is 4.25. The van der Waals surface area contributed by atoms with Crippen molar-refractivity contribution in [2.24, 2.45) is 0 Å². The van der Waals surface area contributed by atoms with Crippen LogP contribution < -0.4 is 0 Å². The Balaban J connectivity index is 2.23. The molecule has 2 aromatic heterocycles. The van der Waals surface area contributed by atoms with Crippen LogP contribution in [0.1, 0.15) is 13.3 Å². The molecule has 0 aliphatic heterocycles. The number of hydrogen-bond donors (Lipinski definition) is 0. The molecule has 0 saturated carbocycles. The van der Waals surface area contributed by atoms with Gasteiger partial charge in [0.2, 0.25) is 5.82 Å². The topological polar surface area (TPSA) is 43.6 Å². The van der Waals surface area contributed by atoms with Crippen LogP contribution in [0.15, 0.2) is 17.5 Å². The van der Waals surface area contributed by atoms with E-state index in [9.17, 15) is 0 Å². The molecule has 0 spiro atoms. The zero-order valence-corrected chi connectivity index (χ0v) is 8.16. The Bertz CT molecular complexity index is 365. The summed E-state index contributed by atoms with van der Waals surface area (Å²) in [6.45, 7) is 2.92. The van der Waals surface area contributed by atoms with E-state index in [1.54, 1.807) is 16.1 Å².